The van der Waals surface area contributed by atoms with Gasteiger partial charge in [0.1, 0.15) is 11.9 Å². The second-order valence-electron chi connectivity index (χ2n) is 4.27. The molecular weight excluding hydrogens is 266 g/mol. The summed E-state index contributed by atoms with van der Waals surface area (Å²) in [6.45, 7) is 5.96. The highest BCUT2D eigenvalue weighted by Gasteiger charge is 2.21. The van der Waals surface area contributed by atoms with Crippen LogP contribution in [0, 0.1) is 17.0 Å². The largest absolute Gasteiger partial charge is 0.488 e. The van der Waals surface area contributed by atoms with Gasteiger partial charge in [-0.25, -0.2) is 4.79 Å². The van der Waals surface area contributed by atoms with Gasteiger partial charge in [0.25, 0.3) is 5.69 Å². The van der Waals surface area contributed by atoms with Gasteiger partial charge in [-0.3, -0.25) is 10.1 Å². The number of carbonyl (C=O) groups is 1. The van der Waals surface area contributed by atoms with Crippen molar-refractivity contribution in [2.75, 3.05) is 13.2 Å². The number of carboxylic acid groups (broad SMARTS) is 1. The molecule has 0 aliphatic carbocycles. The Bertz CT molecular complexity index is 514. The molecule has 1 aromatic rings. The van der Waals surface area contributed by atoms with Gasteiger partial charge < -0.3 is 14.6 Å². The molecule has 0 aliphatic rings. The Morgan fingerprint density at radius 2 is 2.15 bits per heavy atom. The van der Waals surface area contributed by atoms with Gasteiger partial charge in [0.2, 0.25) is 0 Å². The summed E-state index contributed by atoms with van der Waals surface area (Å²) in [7, 11) is 0. The number of nitro benzene ring substituents is 1. The van der Waals surface area contributed by atoms with Crippen molar-refractivity contribution in [3.63, 3.8) is 0 Å². The van der Waals surface area contributed by atoms with Crippen LogP contribution >= 0.6 is 0 Å². The van der Waals surface area contributed by atoms with Crippen molar-refractivity contribution >= 4 is 11.7 Å². The normalized spacial score (nSPS) is 11.9. The van der Waals surface area contributed by atoms with Gasteiger partial charge in [-0.1, -0.05) is 0 Å². The zero-order valence-corrected chi connectivity index (χ0v) is 11.6. The molecule has 7 heteroatoms. The van der Waals surface area contributed by atoms with Crippen molar-refractivity contribution in [1.82, 2.24) is 0 Å². The van der Waals surface area contributed by atoms with Crippen LogP contribution in [-0.2, 0) is 4.74 Å². The third kappa shape index (κ3) is 3.92. The summed E-state index contributed by atoms with van der Waals surface area (Å²) < 4.78 is 10.7. The van der Waals surface area contributed by atoms with Gasteiger partial charge in [0, 0.05) is 12.7 Å². The van der Waals surface area contributed by atoms with Crippen LogP contribution in [0.15, 0.2) is 12.1 Å². The van der Waals surface area contributed by atoms with E-state index in [2.05, 4.69) is 0 Å². The average Bonchev–Trinajstić information content (AvgIpc) is 2.38. The molecule has 0 aliphatic heterocycles. The Morgan fingerprint density at radius 3 is 2.65 bits per heavy atom. The maximum atomic E-state index is 11.0. The molecule has 0 amide bonds. The molecular formula is C13H17NO6. The Labute approximate surface area is 116 Å². The SMILES string of the molecule is CCOCC(C)Oc1cc(C(=O)O)cc([N+](=O)[O-])c1C. The lowest BCUT2D eigenvalue weighted by Gasteiger charge is -2.16. The molecule has 20 heavy (non-hydrogen) atoms. The maximum Gasteiger partial charge on any atom is 0.336 e. The van der Waals surface area contributed by atoms with Gasteiger partial charge in [-0.2, -0.15) is 0 Å². The van der Waals surface area contributed by atoms with Crippen molar-refractivity contribution in [1.29, 1.82) is 0 Å². The molecule has 0 saturated heterocycles. The molecule has 0 spiro atoms. The van der Waals surface area contributed by atoms with Crippen molar-refractivity contribution in [2.45, 2.75) is 26.9 Å². The summed E-state index contributed by atoms with van der Waals surface area (Å²) in [5.41, 5.74) is -0.159. The summed E-state index contributed by atoms with van der Waals surface area (Å²) in [6.07, 6.45) is -0.336. The Kier molecular flexibility index (Phi) is 5.45. The molecule has 1 atom stereocenters. The van der Waals surface area contributed by atoms with Gasteiger partial charge >= 0.3 is 5.97 Å². The van der Waals surface area contributed by atoms with Gasteiger partial charge in [0.15, 0.2) is 0 Å². The Hall–Kier alpha value is -2.15. The minimum absolute atomic E-state index is 0.180. The lowest BCUT2D eigenvalue weighted by Crippen LogP contribution is -2.20. The molecule has 1 rings (SSSR count). The molecule has 110 valence electrons. The zero-order chi connectivity index (χ0) is 15.3. The number of hydrogen-bond donors (Lipinski definition) is 1. The van der Waals surface area contributed by atoms with Crippen molar-refractivity contribution in [3.8, 4) is 5.75 Å². The smallest absolute Gasteiger partial charge is 0.336 e. The average molecular weight is 283 g/mol. The number of rotatable bonds is 7. The van der Waals surface area contributed by atoms with E-state index in [1.54, 1.807) is 6.92 Å². The standard InChI is InChI=1S/C13H17NO6/c1-4-19-7-8(2)20-12-6-10(13(15)16)5-11(9(12)3)14(17)18/h5-6,8H,4,7H2,1-3H3,(H,15,16). The van der Waals surface area contributed by atoms with Crippen molar-refractivity contribution in [3.05, 3.63) is 33.4 Å². The van der Waals surface area contributed by atoms with Crippen LogP contribution in [0.2, 0.25) is 0 Å². The first-order chi connectivity index (χ1) is 9.36. The minimum atomic E-state index is -1.24. The second kappa shape index (κ2) is 6.85. The van der Waals surface area contributed by atoms with E-state index in [1.807, 2.05) is 6.92 Å². The van der Waals surface area contributed by atoms with Crippen LogP contribution in [0.1, 0.15) is 29.8 Å². The quantitative estimate of drug-likeness (QED) is 0.609. The van der Waals surface area contributed by atoms with E-state index in [0.717, 1.165) is 6.07 Å². The maximum absolute atomic E-state index is 11.0. The summed E-state index contributed by atoms with van der Waals surface area (Å²) in [6, 6.07) is 2.31. The first kappa shape index (κ1) is 15.9. The number of aromatic carboxylic acids is 1. The molecule has 1 unspecified atom stereocenters. The van der Waals surface area contributed by atoms with E-state index < -0.39 is 10.9 Å². The highest BCUT2D eigenvalue weighted by atomic mass is 16.6. The number of carboxylic acids is 1. The predicted molar refractivity (Wildman–Crippen MR) is 71.4 cm³/mol. The van der Waals surface area contributed by atoms with E-state index in [-0.39, 0.29) is 23.1 Å². The van der Waals surface area contributed by atoms with Gasteiger partial charge in [0.05, 0.1) is 22.7 Å². The third-order valence-corrected chi connectivity index (χ3v) is 2.66. The van der Waals surface area contributed by atoms with E-state index in [4.69, 9.17) is 14.6 Å². The summed E-state index contributed by atoms with van der Waals surface area (Å²) in [5.74, 6) is -1.06. The van der Waals surface area contributed by atoms with E-state index in [9.17, 15) is 14.9 Å². The van der Waals surface area contributed by atoms with E-state index in [0.29, 0.717) is 18.8 Å². The lowest BCUT2D eigenvalue weighted by molar-refractivity contribution is -0.385. The Balaban J connectivity index is 3.10. The molecule has 0 aromatic heterocycles. The van der Waals surface area contributed by atoms with Gasteiger partial charge in [-0.15, -0.1) is 0 Å². The summed E-state index contributed by atoms with van der Waals surface area (Å²) in [4.78, 5) is 21.3. The zero-order valence-electron chi connectivity index (χ0n) is 11.6. The fourth-order valence-corrected chi connectivity index (χ4v) is 1.64. The molecule has 0 saturated carbocycles. The van der Waals surface area contributed by atoms with Crippen molar-refractivity contribution < 1.29 is 24.3 Å². The topological polar surface area (TPSA) is 98.9 Å². The third-order valence-electron chi connectivity index (χ3n) is 2.66. The summed E-state index contributed by atoms with van der Waals surface area (Å²) >= 11 is 0. The first-order valence-electron chi connectivity index (χ1n) is 6.13. The van der Waals surface area contributed by atoms with Crippen LogP contribution in [0.3, 0.4) is 0 Å². The van der Waals surface area contributed by atoms with Crippen LogP contribution in [-0.4, -0.2) is 35.3 Å². The van der Waals surface area contributed by atoms with Crippen LogP contribution in [0.25, 0.3) is 0 Å². The second-order valence-corrected chi connectivity index (χ2v) is 4.27. The summed E-state index contributed by atoms with van der Waals surface area (Å²) in [5, 5.41) is 19.9. The van der Waals surface area contributed by atoms with E-state index >= 15 is 0 Å². The molecule has 0 heterocycles. The fraction of sp³-hybridized carbons (Fsp3) is 0.462. The van der Waals surface area contributed by atoms with Crippen molar-refractivity contribution in [2.24, 2.45) is 0 Å². The molecule has 7 nitrogen and oxygen atoms in total. The highest BCUT2D eigenvalue weighted by Crippen LogP contribution is 2.30. The highest BCUT2D eigenvalue weighted by molar-refractivity contribution is 5.89. The Morgan fingerprint density at radius 1 is 1.50 bits per heavy atom. The predicted octanol–water partition coefficient (Wildman–Crippen LogP) is 2.41. The number of nitrogens with zero attached hydrogens (tertiary/aromatic N) is 1. The number of hydrogen-bond acceptors (Lipinski definition) is 5. The van der Waals surface area contributed by atoms with Gasteiger partial charge in [-0.05, 0) is 26.8 Å². The van der Waals surface area contributed by atoms with Crippen LogP contribution in [0.4, 0.5) is 5.69 Å². The molecule has 1 N–H and O–H groups in total. The number of nitro groups is 1. The molecule has 0 radical (unpaired) electrons. The van der Waals surface area contributed by atoms with E-state index in [1.165, 1.54) is 13.0 Å². The molecule has 1 aromatic carbocycles. The fourth-order valence-electron chi connectivity index (χ4n) is 1.64. The lowest BCUT2D eigenvalue weighted by atomic mass is 10.1. The minimum Gasteiger partial charge on any atom is -0.488 e. The number of benzene rings is 1. The first-order valence-corrected chi connectivity index (χ1v) is 6.13. The van der Waals surface area contributed by atoms with Crippen LogP contribution < -0.4 is 4.74 Å². The monoisotopic (exact) mass is 283 g/mol. The molecule has 0 fully saturated rings. The molecule has 0 bridgehead atoms. The van der Waals surface area contributed by atoms with Crippen LogP contribution in [0.5, 0.6) is 5.75 Å². The number of ether oxygens (including phenoxy) is 2.